The minimum Gasteiger partial charge on any atom is -0.351 e. The van der Waals surface area contributed by atoms with Crippen molar-refractivity contribution in [3.05, 3.63) is 35.7 Å². The summed E-state index contributed by atoms with van der Waals surface area (Å²) in [6.45, 7) is 3.82. The van der Waals surface area contributed by atoms with Crippen LogP contribution in [0.25, 0.3) is 11.0 Å². The van der Waals surface area contributed by atoms with Gasteiger partial charge in [0.05, 0.1) is 29.0 Å². The van der Waals surface area contributed by atoms with Gasteiger partial charge in [0.1, 0.15) is 0 Å². The zero-order valence-electron chi connectivity index (χ0n) is 9.32. The number of rotatable bonds is 2. The van der Waals surface area contributed by atoms with Gasteiger partial charge in [-0.1, -0.05) is 12.1 Å². The fourth-order valence-electron chi connectivity index (χ4n) is 1.50. The molecule has 1 heterocycles. The Morgan fingerprint density at radius 1 is 1.25 bits per heavy atom. The summed E-state index contributed by atoms with van der Waals surface area (Å²) in [7, 11) is 0. The number of benzene rings is 1. The lowest BCUT2D eigenvalue weighted by molar-refractivity contribution is -0.119. The summed E-state index contributed by atoms with van der Waals surface area (Å²) in [5.74, 6) is -0.0608. The molecule has 0 saturated heterocycles. The summed E-state index contributed by atoms with van der Waals surface area (Å²) in [4.78, 5) is 19.7. The normalized spacial score (nSPS) is 10.4. The van der Waals surface area contributed by atoms with Crippen LogP contribution < -0.4 is 5.32 Å². The molecule has 0 fully saturated rings. The van der Waals surface area contributed by atoms with Crippen molar-refractivity contribution < 1.29 is 4.79 Å². The first kappa shape index (κ1) is 10.5. The lowest BCUT2D eigenvalue weighted by Gasteiger charge is -2.06. The van der Waals surface area contributed by atoms with Crippen LogP contribution in [-0.2, 0) is 11.3 Å². The standard InChI is InChI=1S/C12H13N3O/c1-8-12(7-13-9(2)16)15-11-6-4-3-5-10(11)14-8/h3-6H,7H2,1-2H3,(H,13,16). The summed E-state index contributed by atoms with van der Waals surface area (Å²) >= 11 is 0. The zero-order valence-corrected chi connectivity index (χ0v) is 9.32. The Morgan fingerprint density at radius 2 is 1.88 bits per heavy atom. The molecule has 0 aliphatic rings. The van der Waals surface area contributed by atoms with Crippen molar-refractivity contribution in [1.82, 2.24) is 15.3 Å². The molecule has 1 aromatic carbocycles. The van der Waals surface area contributed by atoms with Crippen molar-refractivity contribution in [1.29, 1.82) is 0 Å². The minimum atomic E-state index is -0.0608. The molecule has 0 aliphatic heterocycles. The summed E-state index contributed by atoms with van der Waals surface area (Å²) in [5, 5.41) is 2.73. The highest BCUT2D eigenvalue weighted by Gasteiger charge is 2.04. The number of hydrogen-bond acceptors (Lipinski definition) is 3. The van der Waals surface area contributed by atoms with Gasteiger partial charge in [-0.05, 0) is 19.1 Å². The summed E-state index contributed by atoms with van der Waals surface area (Å²) in [6, 6.07) is 7.70. The molecule has 0 bridgehead atoms. The van der Waals surface area contributed by atoms with E-state index >= 15 is 0 Å². The number of nitrogens with zero attached hydrogens (tertiary/aromatic N) is 2. The maximum atomic E-state index is 10.8. The van der Waals surface area contributed by atoms with Crippen molar-refractivity contribution in [2.45, 2.75) is 20.4 Å². The molecule has 1 amide bonds. The van der Waals surface area contributed by atoms with E-state index in [0.717, 1.165) is 22.4 Å². The number of carbonyl (C=O) groups excluding carboxylic acids is 1. The first-order valence-electron chi connectivity index (χ1n) is 5.13. The molecule has 4 nitrogen and oxygen atoms in total. The fourth-order valence-corrected chi connectivity index (χ4v) is 1.50. The molecule has 0 unspecified atom stereocenters. The van der Waals surface area contributed by atoms with E-state index in [4.69, 9.17) is 0 Å². The van der Waals surface area contributed by atoms with Crippen molar-refractivity contribution >= 4 is 16.9 Å². The number of aryl methyl sites for hydroxylation is 1. The average molecular weight is 215 g/mol. The third kappa shape index (κ3) is 2.16. The molecule has 0 radical (unpaired) electrons. The van der Waals surface area contributed by atoms with E-state index in [-0.39, 0.29) is 5.91 Å². The molecule has 0 saturated carbocycles. The molecule has 16 heavy (non-hydrogen) atoms. The molecular formula is C12H13N3O. The number of fused-ring (bicyclic) bond motifs is 1. The highest BCUT2D eigenvalue weighted by atomic mass is 16.1. The Balaban J connectivity index is 2.38. The van der Waals surface area contributed by atoms with Gasteiger partial charge in [-0.25, -0.2) is 9.97 Å². The second-order valence-electron chi connectivity index (χ2n) is 3.65. The quantitative estimate of drug-likeness (QED) is 0.827. The van der Waals surface area contributed by atoms with Gasteiger partial charge in [-0.2, -0.15) is 0 Å². The number of para-hydroxylation sites is 2. The molecule has 82 valence electrons. The Hall–Kier alpha value is -1.97. The Labute approximate surface area is 93.7 Å². The zero-order chi connectivity index (χ0) is 11.5. The maximum Gasteiger partial charge on any atom is 0.217 e. The van der Waals surface area contributed by atoms with E-state index < -0.39 is 0 Å². The smallest absolute Gasteiger partial charge is 0.217 e. The molecule has 2 rings (SSSR count). The van der Waals surface area contributed by atoms with Crippen LogP contribution >= 0.6 is 0 Å². The molecule has 0 spiro atoms. The number of aromatic nitrogens is 2. The number of hydrogen-bond donors (Lipinski definition) is 1. The van der Waals surface area contributed by atoms with E-state index in [2.05, 4.69) is 15.3 Å². The molecule has 0 aliphatic carbocycles. The number of carbonyl (C=O) groups is 1. The van der Waals surface area contributed by atoms with Crippen molar-refractivity contribution in [2.24, 2.45) is 0 Å². The van der Waals surface area contributed by atoms with E-state index in [9.17, 15) is 4.79 Å². The molecule has 1 aromatic heterocycles. The van der Waals surface area contributed by atoms with Crippen LogP contribution in [0, 0.1) is 6.92 Å². The van der Waals surface area contributed by atoms with Gasteiger partial charge in [0.15, 0.2) is 0 Å². The highest BCUT2D eigenvalue weighted by molar-refractivity contribution is 5.75. The summed E-state index contributed by atoms with van der Waals surface area (Å²) in [6.07, 6.45) is 0. The lowest BCUT2D eigenvalue weighted by Crippen LogP contribution is -2.20. The maximum absolute atomic E-state index is 10.8. The largest absolute Gasteiger partial charge is 0.351 e. The van der Waals surface area contributed by atoms with Crippen molar-refractivity contribution in [3.8, 4) is 0 Å². The predicted molar refractivity (Wildman–Crippen MR) is 61.8 cm³/mol. The number of nitrogens with one attached hydrogen (secondary N) is 1. The number of amides is 1. The van der Waals surface area contributed by atoms with E-state index in [1.807, 2.05) is 31.2 Å². The molecule has 2 aromatic rings. The molecule has 1 N–H and O–H groups in total. The van der Waals surface area contributed by atoms with Gasteiger partial charge in [-0.3, -0.25) is 4.79 Å². The van der Waals surface area contributed by atoms with Crippen LogP contribution in [0.3, 0.4) is 0 Å². The highest BCUT2D eigenvalue weighted by Crippen LogP contribution is 2.11. The Morgan fingerprint density at radius 3 is 2.50 bits per heavy atom. The third-order valence-electron chi connectivity index (χ3n) is 2.35. The average Bonchev–Trinajstić information content (AvgIpc) is 2.26. The third-order valence-corrected chi connectivity index (χ3v) is 2.35. The Bertz CT molecular complexity index is 537. The van der Waals surface area contributed by atoms with Crippen molar-refractivity contribution in [3.63, 3.8) is 0 Å². The van der Waals surface area contributed by atoms with Crippen LogP contribution in [0.1, 0.15) is 18.3 Å². The van der Waals surface area contributed by atoms with E-state index in [1.54, 1.807) is 0 Å². The molecular weight excluding hydrogens is 202 g/mol. The second kappa shape index (κ2) is 4.26. The predicted octanol–water partition coefficient (Wildman–Crippen LogP) is 1.57. The fraction of sp³-hybridized carbons (Fsp3) is 0.250. The monoisotopic (exact) mass is 215 g/mol. The van der Waals surface area contributed by atoms with Gasteiger partial charge in [-0.15, -0.1) is 0 Å². The van der Waals surface area contributed by atoms with Gasteiger partial charge in [0, 0.05) is 6.92 Å². The van der Waals surface area contributed by atoms with Crippen LogP contribution in [0.5, 0.6) is 0 Å². The summed E-state index contributed by atoms with van der Waals surface area (Å²) in [5.41, 5.74) is 3.40. The van der Waals surface area contributed by atoms with Gasteiger partial charge >= 0.3 is 0 Å². The van der Waals surface area contributed by atoms with Gasteiger partial charge in [0.25, 0.3) is 0 Å². The molecule has 0 atom stereocenters. The van der Waals surface area contributed by atoms with Gasteiger partial charge < -0.3 is 5.32 Å². The second-order valence-corrected chi connectivity index (χ2v) is 3.65. The van der Waals surface area contributed by atoms with Crippen LogP contribution in [0.2, 0.25) is 0 Å². The van der Waals surface area contributed by atoms with Gasteiger partial charge in [0.2, 0.25) is 5.91 Å². The van der Waals surface area contributed by atoms with Crippen LogP contribution in [0.4, 0.5) is 0 Å². The first-order chi connectivity index (χ1) is 7.66. The first-order valence-corrected chi connectivity index (χ1v) is 5.13. The topological polar surface area (TPSA) is 54.9 Å². The minimum absolute atomic E-state index is 0.0608. The lowest BCUT2D eigenvalue weighted by atomic mass is 10.2. The Kier molecular flexibility index (Phi) is 2.81. The van der Waals surface area contributed by atoms with E-state index in [0.29, 0.717) is 6.54 Å². The summed E-state index contributed by atoms with van der Waals surface area (Å²) < 4.78 is 0. The van der Waals surface area contributed by atoms with E-state index in [1.165, 1.54) is 6.92 Å². The molecule has 4 heteroatoms. The van der Waals surface area contributed by atoms with Crippen LogP contribution in [-0.4, -0.2) is 15.9 Å². The van der Waals surface area contributed by atoms with Crippen LogP contribution in [0.15, 0.2) is 24.3 Å². The van der Waals surface area contributed by atoms with Crippen molar-refractivity contribution in [2.75, 3.05) is 0 Å². The SMILES string of the molecule is CC(=O)NCc1nc2ccccc2nc1C.